The zero-order valence-corrected chi connectivity index (χ0v) is 12.2. The van der Waals surface area contributed by atoms with E-state index in [1.165, 1.54) is 0 Å². The van der Waals surface area contributed by atoms with E-state index in [9.17, 15) is 4.79 Å². The summed E-state index contributed by atoms with van der Waals surface area (Å²) < 4.78 is 4.96. The van der Waals surface area contributed by atoms with E-state index in [4.69, 9.17) is 4.74 Å². The molecule has 0 bridgehead atoms. The molecule has 1 aromatic rings. The number of hydrogen-bond donors (Lipinski definition) is 2. The first-order valence-electron chi connectivity index (χ1n) is 5.99. The van der Waals surface area contributed by atoms with Gasteiger partial charge >= 0.3 is 6.03 Å². The van der Waals surface area contributed by atoms with Gasteiger partial charge in [0.05, 0.1) is 17.2 Å². The number of rotatable bonds is 6. The molecule has 1 heterocycles. The molecule has 0 saturated heterocycles. The van der Waals surface area contributed by atoms with Crippen molar-refractivity contribution >= 4 is 17.4 Å². The zero-order chi connectivity index (χ0) is 13.5. The Balaban J connectivity index is 2.30. The predicted octanol–water partition coefficient (Wildman–Crippen LogP) is 1.98. The quantitative estimate of drug-likeness (QED) is 0.831. The van der Waals surface area contributed by atoms with Crippen LogP contribution in [0.1, 0.15) is 28.9 Å². The molecule has 2 N–H and O–H groups in total. The van der Waals surface area contributed by atoms with Gasteiger partial charge in [-0.2, -0.15) is 0 Å². The lowest BCUT2D eigenvalue weighted by molar-refractivity contribution is 0.184. The summed E-state index contributed by atoms with van der Waals surface area (Å²) in [4.78, 5) is 17.1. The lowest BCUT2D eigenvalue weighted by Crippen LogP contribution is -2.40. The smallest absolute Gasteiger partial charge is 0.315 e. The van der Waals surface area contributed by atoms with Crippen molar-refractivity contribution in [2.45, 2.75) is 39.8 Å². The Hall–Kier alpha value is -1.14. The van der Waals surface area contributed by atoms with Crippen LogP contribution in [0.3, 0.4) is 0 Å². The molecular formula is C12H21N3O2S. The van der Waals surface area contributed by atoms with Gasteiger partial charge in [0.15, 0.2) is 0 Å². The fourth-order valence-corrected chi connectivity index (χ4v) is 2.42. The largest absolute Gasteiger partial charge is 0.385 e. The molecule has 0 saturated carbocycles. The van der Waals surface area contributed by atoms with Crippen molar-refractivity contribution < 1.29 is 9.53 Å². The van der Waals surface area contributed by atoms with Crippen LogP contribution in [0.4, 0.5) is 4.79 Å². The van der Waals surface area contributed by atoms with Crippen LogP contribution >= 0.6 is 11.3 Å². The number of methoxy groups -OCH3 is 1. The number of aromatic nitrogens is 1. The van der Waals surface area contributed by atoms with Crippen molar-refractivity contribution in [3.8, 4) is 0 Å². The Morgan fingerprint density at radius 3 is 2.78 bits per heavy atom. The molecule has 102 valence electrons. The van der Waals surface area contributed by atoms with E-state index < -0.39 is 0 Å². The van der Waals surface area contributed by atoms with Gasteiger partial charge in [-0.25, -0.2) is 9.78 Å². The molecule has 0 aliphatic carbocycles. The molecule has 0 unspecified atom stereocenters. The van der Waals surface area contributed by atoms with E-state index in [2.05, 4.69) is 15.6 Å². The van der Waals surface area contributed by atoms with Crippen molar-refractivity contribution in [1.82, 2.24) is 15.6 Å². The summed E-state index contributed by atoms with van der Waals surface area (Å²) in [5, 5.41) is 6.73. The van der Waals surface area contributed by atoms with Crippen molar-refractivity contribution in [2.75, 3.05) is 13.7 Å². The Bertz CT molecular complexity index is 393. The second-order valence-corrected chi connectivity index (χ2v) is 5.54. The minimum absolute atomic E-state index is 0.106. The molecule has 18 heavy (non-hydrogen) atoms. The number of ether oxygens (including phenoxy) is 1. The Kier molecular flexibility index (Phi) is 6.07. The molecule has 1 aromatic heterocycles. The molecule has 0 aromatic carbocycles. The van der Waals surface area contributed by atoms with E-state index in [0.717, 1.165) is 22.0 Å². The number of aryl methyl sites for hydroxylation is 2. The van der Waals surface area contributed by atoms with Gasteiger partial charge in [0, 0.05) is 24.6 Å². The van der Waals surface area contributed by atoms with Crippen molar-refractivity contribution in [1.29, 1.82) is 0 Å². The van der Waals surface area contributed by atoms with E-state index in [0.29, 0.717) is 13.2 Å². The summed E-state index contributed by atoms with van der Waals surface area (Å²) in [5.74, 6) is 0. The number of thiazole rings is 1. The average molecular weight is 271 g/mol. The second kappa shape index (κ2) is 7.33. The Morgan fingerprint density at radius 1 is 1.50 bits per heavy atom. The highest BCUT2D eigenvalue weighted by Crippen LogP contribution is 2.16. The third-order valence-corrected chi connectivity index (χ3v) is 3.61. The maximum atomic E-state index is 11.6. The van der Waals surface area contributed by atoms with E-state index in [-0.39, 0.29) is 12.1 Å². The molecule has 0 aliphatic rings. The number of nitrogens with zero attached hydrogens (tertiary/aromatic N) is 1. The first-order chi connectivity index (χ1) is 8.52. The normalized spacial score (nSPS) is 12.2. The van der Waals surface area contributed by atoms with Gasteiger partial charge in [-0.1, -0.05) is 0 Å². The minimum Gasteiger partial charge on any atom is -0.385 e. The van der Waals surface area contributed by atoms with E-state index in [1.807, 2.05) is 20.8 Å². The highest BCUT2D eigenvalue weighted by Gasteiger charge is 2.09. The summed E-state index contributed by atoms with van der Waals surface area (Å²) in [5.41, 5.74) is 0.991. The second-order valence-electron chi connectivity index (χ2n) is 4.25. The van der Waals surface area contributed by atoms with Crippen molar-refractivity contribution in [2.24, 2.45) is 0 Å². The number of urea groups is 1. The SMILES string of the molecule is COCC[C@@H](C)NC(=O)NCc1sc(C)nc1C. The zero-order valence-electron chi connectivity index (χ0n) is 11.4. The van der Waals surface area contributed by atoms with Gasteiger partial charge in [-0.15, -0.1) is 11.3 Å². The Labute approximate surface area is 112 Å². The maximum Gasteiger partial charge on any atom is 0.315 e. The lowest BCUT2D eigenvalue weighted by atomic mass is 10.2. The van der Waals surface area contributed by atoms with Crippen LogP contribution in [0.25, 0.3) is 0 Å². The molecule has 0 radical (unpaired) electrons. The number of hydrogen-bond acceptors (Lipinski definition) is 4. The lowest BCUT2D eigenvalue weighted by Gasteiger charge is -2.13. The molecule has 5 nitrogen and oxygen atoms in total. The summed E-state index contributed by atoms with van der Waals surface area (Å²) in [7, 11) is 1.65. The predicted molar refractivity (Wildman–Crippen MR) is 72.9 cm³/mol. The maximum absolute atomic E-state index is 11.6. The summed E-state index contributed by atoms with van der Waals surface area (Å²) in [6.07, 6.45) is 0.808. The van der Waals surface area contributed by atoms with E-state index in [1.54, 1.807) is 18.4 Å². The Morgan fingerprint density at radius 2 is 2.22 bits per heavy atom. The first kappa shape index (κ1) is 14.9. The van der Waals surface area contributed by atoms with Crippen LogP contribution < -0.4 is 10.6 Å². The molecule has 6 heteroatoms. The van der Waals surface area contributed by atoms with Crippen molar-refractivity contribution in [3.05, 3.63) is 15.6 Å². The van der Waals surface area contributed by atoms with Gasteiger partial charge in [-0.3, -0.25) is 0 Å². The van der Waals surface area contributed by atoms with Gasteiger partial charge < -0.3 is 15.4 Å². The number of carbonyl (C=O) groups is 1. The molecule has 0 aliphatic heterocycles. The van der Waals surface area contributed by atoms with Crippen LogP contribution in [0.15, 0.2) is 0 Å². The number of carbonyl (C=O) groups excluding carboxylic acids is 1. The molecular weight excluding hydrogens is 250 g/mol. The molecule has 1 rings (SSSR count). The average Bonchev–Trinajstić information content (AvgIpc) is 2.62. The van der Waals surface area contributed by atoms with Gasteiger partial charge in [0.2, 0.25) is 0 Å². The number of amides is 2. The standard InChI is InChI=1S/C12H21N3O2S/c1-8(5-6-17-4)14-12(16)13-7-11-9(2)15-10(3)18-11/h8H,5-7H2,1-4H3,(H2,13,14,16)/t8-/m1/s1. The van der Waals surface area contributed by atoms with Crippen LogP contribution in [-0.4, -0.2) is 30.8 Å². The van der Waals surface area contributed by atoms with Crippen LogP contribution in [0, 0.1) is 13.8 Å². The summed E-state index contributed by atoms with van der Waals surface area (Å²) >= 11 is 1.62. The van der Waals surface area contributed by atoms with Crippen molar-refractivity contribution in [3.63, 3.8) is 0 Å². The third-order valence-electron chi connectivity index (χ3n) is 2.54. The van der Waals surface area contributed by atoms with Gasteiger partial charge in [0.25, 0.3) is 0 Å². The van der Waals surface area contributed by atoms with Gasteiger partial charge in [-0.05, 0) is 27.2 Å². The van der Waals surface area contributed by atoms with Crippen LogP contribution in [0.2, 0.25) is 0 Å². The molecule has 2 amide bonds. The fraction of sp³-hybridized carbons (Fsp3) is 0.667. The minimum atomic E-state index is -0.149. The fourth-order valence-electron chi connectivity index (χ4n) is 1.54. The number of nitrogens with one attached hydrogen (secondary N) is 2. The third kappa shape index (κ3) is 5.01. The highest BCUT2D eigenvalue weighted by atomic mass is 32.1. The van der Waals surface area contributed by atoms with Crippen LogP contribution in [-0.2, 0) is 11.3 Å². The van der Waals surface area contributed by atoms with Gasteiger partial charge in [0.1, 0.15) is 0 Å². The molecule has 0 spiro atoms. The highest BCUT2D eigenvalue weighted by molar-refractivity contribution is 7.11. The van der Waals surface area contributed by atoms with E-state index >= 15 is 0 Å². The monoisotopic (exact) mass is 271 g/mol. The van der Waals surface area contributed by atoms with Crippen LogP contribution in [0.5, 0.6) is 0 Å². The molecule has 0 fully saturated rings. The topological polar surface area (TPSA) is 63.2 Å². The summed E-state index contributed by atoms with van der Waals surface area (Å²) in [6.45, 7) is 7.06. The summed E-state index contributed by atoms with van der Waals surface area (Å²) in [6, 6.07) is -0.0432. The molecule has 1 atom stereocenters. The first-order valence-corrected chi connectivity index (χ1v) is 6.80.